The molecule has 2 heterocycles. The van der Waals surface area contributed by atoms with Crippen LogP contribution in [-0.2, 0) is 12.5 Å². The molecular formula is C27H25ClN6O. The number of H-pyrrole nitrogens is 1. The van der Waals surface area contributed by atoms with E-state index in [-0.39, 0.29) is 11.3 Å². The SMILES string of the molecule is Cn1c(C(=O)Nc2ccc(Cl)cc2-c2nnn[nH]2)cc2cccc(-c3ccc(C(C)(C)C)cc3)c21. The van der Waals surface area contributed by atoms with Crippen LogP contribution in [0.4, 0.5) is 5.69 Å². The van der Waals surface area contributed by atoms with Crippen LogP contribution in [0, 0.1) is 0 Å². The molecule has 2 N–H and O–H groups in total. The van der Waals surface area contributed by atoms with Gasteiger partial charge in [0.2, 0.25) is 0 Å². The summed E-state index contributed by atoms with van der Waals surface area (Å²) in [5, 5.41) is 18.4. The van der Waals surface area contributed by atoms with E-state index in [0.29, 0.717) is 27.8 Å². The first-order valence-electron chi connectivity index (χ1n) is 11.3. The maximum absolute atomic E-state index is 13.4. The number of hydrogen-bond acceptors (Lipinski definition) is 4. The summed E-state index contributed by atoms with van der Waals surface area (Å²) in [6.45, 7) is 6.61. The molecule has 0 fully saturated rings. The molecule has 7 nitrogen and oxygen atoms in total. The second kappa shape index (κ2) is 8.67. The Kier molecular flexibility index (Phi) is 5.65. The number of benzene rings is 3. The van der Waals surface area contributed by atoms with Crippen LogP contribution in [0.3, 0.4) is 0 Å². The molecule has 0 saturated heterocycles. The quantitative estimate of drug-likeness (QED) is 0.316. The number of aromatic nitrogens is 5. The number of rotatable bonds is 4. The Morgan fingerprint density at radius 2 is 1.77 bits per heavy atom. The maximum Gasteiger partial charge on any atom is 0.272 e. The first kappa shape index (κ1) is 22.8. The molecule has 0 aliphatic carbocycles. The fraction of sp³-hybridized carbons (Fsp3) is 0.185. The van der Waals surface area contributed by atoms with Gasteiger partial charge in [-0.25, -0.2) is 5.10 Å². The molecule has 5 rings (SSSR count). The number of amides is 1. The Hall–Kier alpha value is -3.97. The van der Waals surface area contributed by atoms with Gasteiger partial charge in [0.25, 0.3) is 5.91 Å². The minimum absolute atomic E-state index is 0.0864. The smallest absolute Gasteiger partial charge is 0.272 e. The molecule has 0 aliphatic heterocycles. The van der Waals surface area contributed by atoms with Gasteiger partial charge in [0.05, 0.1) is 11.2 Å². The zero-order chi connectivity index (χ0) is 24.7. The number of fused-ring (bicyclic) bond motifs is 1. The highest BCUT2D eigenvalue weighted by Gasteiger charge is 2.19. The highest BCUT2D eigenvalue weighted by Crippen LogP contribution is 2.33. The van der Waals surface area contributed by atoms with Crippen molar-refractivity contribution in [3.05, 3.63) is 83.0 Å². The normalized spacial score (nSPS) is 11.7. The van der Waals surface area contributed by atoms with E-state index >= 15 is 0 Å². The third-order valence-corrected chi connectivity index (χ3v) is 6.42. The van der Waals surface area contributed by atoms with Crippen LogP contribution < -0.4 is 5.32 Å². The molecule has 3 aromatic carbocycles. The third-order valence-electron chi connectivity index (χ3n) is 6.18. The van der Waals surface area contributed by atoms with E-state index < -0.39 is 0 Å². The predicted molar refractivity (Wildman–Crippen MR) is 140 cm³/mol. The number of tetrazole rings is 1. The van der Waals surface area contributed by atoms with Crippen molar-refractivity contribution < 1.29 is 4.79 Å². The van der Waals surface area contributed by atoms with Gasteiger partial charge in [0.15, 0.2) is 5.82 Å². The van der Waals surface area contributed by atoms with Gasteiger partial charge in [-0.2, -0.15) is 0 Å². The van der Waals surface area contributed by atoms with Gasteiger partial charge in [0, 0.05) is 28.6 Å². The summed E-state index contributed by atoms with van der Waals surface area (Å²) in [6, 6.07) is 21.8. The molecule has 0 saturated carbocycles. The van der Waals surface area contributed by atoms with Crippen molar-refractivity contribution in [3.8, 4) is 22.5 Å². The zero-order valence-corrected chi connectivity index (χ0v) is 20.7. The van der Waals surface area contributed by atoms with Crippen molar-refractivity contribution in [2.45, 2.75) is 26.2 Å². The molecule has 0 spiro atoms. The summed E-state index contributed by atoms with van der Waals surface area (Å²) in [5.74, 6) is 0.176. The summed E-state index contributed by atoms with van der Waals surface area (Å²) in [4.78, 5) is 13.4. The Bertz CT molecular complexity index is 1530. The van der Waals surface area contributed by atoms with Crippen molar-refractivity contribution >= 4 is 34.1 Å². The number of carbonyl (C=O) groups is 1. The fourth-order valence-corrected chi connectivity index (χ4v) is 4.47. The lowest BCUT2D eigenvalue weighted by Gasteiger charge is -2.19. The molecular weight excluding hydrogens is 460 g/mol. The zero-order valence-electron chi connectivity index (χ0n) is 19.9. The Morgan fingerprint density at radius 1 is 1.00 bits per heavy atom. The van der Waals surface area contributed by atoms with Gasteiger partial charge < -0.3 is 9.88 Å². The number of halogens is 1. The van der Waals surface area contributed by atoms with Crippen LogP contribution in [0.2, 0.25) is 5.02 Å². The van der Waals surface area contributed by atoms with Crippen molar-refractivity contribution in [1.82, 2.24) is 25.2 Å². The van der Waals surface area contributed by atoms with Crippen LogP contribution in [0.5, 0.6) is 0 Å². The predicted octanol–water partition coefficient (Wildman–Crippen LogP) is 6.23. The minimum atomic E-state index is -0.242. The highest BCUT2D eigenvalue weighted by atomic mass is 35.5. The molecule has 0 atom stereocenters. The van der Waals surface area contributed by atoms with Gasteiger partial charge in [0.1, 0.15) is 5.69 Å². The van der Waals surface area contributed by atoms with E-state index in [9.17, 15) is 4.79 Å². The lowest BCUT2D eigenvalue weighted by molar-refractivity contribution is 0.102. The molecule has 0 bridgehead atoms. The van der Waals surface area contributed by atoms with E-state index in [1.54, 1.807) is 18.2 Å². The highest BCUT2D eigenvalue weighted by molar-refractivity contribution is 6.31. The molecule has 2 aromatic heterocycles. The molecule has 0 radical (unpaired) electrons. The molecule has 176 valence electrons. The number of para-hydroxylation sites is 1. The van der Waals surface area contributed by atoms with Crippen molar-refractivity contribution in [3.63, 3.8) is 0 Å². The lowest BCUT2D eigenvalue weighted by Crippen LogP contribution is -2.16. The number of carbonyl (C=O) groups excluding carboxylic acids is 1. The van der Waals surface area contributed by atoms with Crippen molar-refractivity contribution in [1.29, 1.82) is 0 Å². The van der Waals surface area contributed by atoms with E-state index in [2.05, 4.69) is 77.0 Å². The number of aromatic amines is 1. The number of aryl methyl sites for hydroxylation is 1. The Morgan fingerprint density at radius 3 is 2.46 bits per heavy atom. The second-order valence-corrected chi connectivity index (χ2v) is 9.99. The number of nitrogens with zero attached hydrogens (tertiary/aromatic N) is 4. The Balaban J connectivity index is 1.53. The average molecular weight is 485 g/mol. The van der Waals surface area contributed by atoms with E-state index in [1.165, 1.54) is 5.56 Å². The third kappa shape index (κ3) is 4.31. The van der Waals surface area contributed by atoms with Gasteiger partial charge in [-0.1, -0.05) is 74.8 Å². The number of anilines is 1. The van der Waals surface area contributed by atoms with E-state index in [0.717, 1.165) is 22.0 Å². The van der Waals surface area contributed by atoms with Gasteiger partial charge >= 0.3 is 0 Å². The van der Waals surface area contributed by atoms with Gasteiger partial charge in [-0.3, -0.25) is 4.79 Å². The van der Waals surface area contributed by atoms with Crippen LogP contribution in [0.25, 0.3) is 33.4 Å². The summed E-state index contributed by atoms with van der Waals surface area (Å²) < 4.78 is 1.93. The second-order valence-electron chi connectivity index (χ2n) is 9.55. The van der Waals surface area contributed by atoms with Gasteiger partial charge in [-0.05, 0) is 51.2 Å². The standard InChI is InChI=1S/C27H25ClN6O/c1-27(2,3)18-10-8-16(9-11-18)20-7-5-6-17-14-23(34(4)24(17)20)26(35)29-22-13-12-19(28)15-21(22)25-30-32-33-31-25/h5-15H,1-4H3,(H,29,35)(H,30,31,32,33). The molecule has 0 aliphatic rings. The first-order chi connectivity index (χ1) is 16.7. The summed E-state index contributed by atoms with van der Waals surface area (Å²) in [5.41, 5.74) is 6.24. The van der Waals surface area contributed by atoms with Crippen LogP contribution in [-0.4, -0.2) is 31.1 Å². The van der Waals surface area contributed by atoms with Gasteiger partial charge in [-0.15, -0.1) is 5.10 Å². The average Bonchev–Trinajstić information content (AvgIpc) is 3.48. The monoisotopic (exact) mass is 484 g/mol. The number of hydrogen-bond donors (Lipinski definition) is 2. The van der Waals surface area contributed by atoms with Crippen LogP contribution >= 0.6 is 11.6 Å². The molecule has 35 heavy (non-hydrogen) atoms. The maximum atomic E-state index is 13.4. The lowest BCUT2D eigenvalue weighted by atomic mass is 9.86. The first-order valence-corrected chi connectivity index (χ1v) is 11.6. The minimum Gasteiger partial charge on any atom is -0.339 e. The van der Waals surface area contributed by atoms with Crippen molar-refractivity contribution in [2.75, 3.05) is 5.32 Å². The Labute approximate surface area is 208 Å². The topological polar surface area (TPSA) is 88.5 Å². The molecule has 0 unspecified atom stereocenters. The summed E-state index contributed by atoms with van der Waals surface area (Å²) >= 11 is 6.18. The van der Waals surface area contributed by atoms with Crippen molar-refractivity contribution in [2.24, 2.45) is 7.05 Å². The fourth-order valence-electron chi connectivity index (χ4n) is 4.30. The summed E-state index contributed by atoms with van der Waals surface area (Å²) in [7, 11) is 1.91. The van der Waals surface area contributed by atoms with Crippen LogP contribution in [0.15, 0.2) is 66.7 Å². The molecule has 5 aromatic rings. The van der Waals surface area contributed by atoms with E-state index in [4.69, 9.17) is 11.6 Å². The summed E-state index contributed by atoms with van der Waals surface area (Å²) in [6.07, 6.45) is 0. The molecule has 1 amide bonds. The van der Waals surface area contributed by atoms with E-state index in [1.807, 2.05) is 29.8 Å². The largest absolute Gasteiger partial charge is 0.339 e. The van der Waals surface area contributed by atoms with Crippen LogP contribution in [0.1, 0.15) is 36.8 Å². The number of nitrogens with one attached hydrogen (secondary N) is 2. The molecule has 8 heteroatoms.